The van der Waals surface area contributed by atoms with Crippen LogP contribution < -0.4 is 0 Å². The largest absolute Gasteiger partial charge is 0.428 e. The Morgan fingerprint density at radius 3 is 2.26 bits per heavy atom. The van der Waals surface area contributed by atoms with Gasteiger partial charge in [0.2, 0.25) is 0 Å². The Morgan fingerprint density at radius 1 is 0.889 bits per heavy atom. The first-order chi connectivity index (χ1) is 12.9. The Hall–Kier alpha value is -2.80. The molecule has 136 valence electrons. The average molecular weight is 387 g/mol. The van der Waals surface area contributed by atoms with Gasteiger partial charge >= 0.3 is 12.1 Å². The maximum Gasteiger partial charge on any atom is 0.428 e. The van der Waals surface area contributed by atoms with Crippen LogP contribution in [0.4, 0.5) is 13.2 Å². The molecule has 4 rings (SSSR count). The Bertz CT molecular complexity index is 1050. The van der Waals surface area contributed by atoms with Crippen LogP contribution in [0.1, 0.15) is 5.56 Å². The highest BCUT2D eigenvalue weighted by molar-refractivity contribution is 8.13. The standard InChI is InChI=1S/C20H12F3NO2S/c21-20(22,23)19(15-8-2-1-3-9-15)17(25)26-18(24-19)27-16-11-10-13-6-4-5-7-14(13)12-16/h1-12H. The molecule has 0 bridgehead atoms. The molecule has 3 nitrogen and oxygen atoms in total. The van der Waals surface area contributed by atoms with Crippen LogP contribution in [0, 0.1) is 0 Å². The van der Waals surface area contributed by atoms with Gasteiger partial charge in [-0.15, -0.1) is 0 Å². The molecule has 1 unspecified atom stereocenters. The van der Waals surface area contributed by atoms with Gasteiger partial charge in [-0.05, 0) is 34.7 Å². The fourth-order valence-electron chi connectivity index (χ4n) is 2.94. The second-order valence-corrected chi connectivity index (χ2v) is 6.98. The molecule has 0 aliphatic carbocycles. The van der Waals surface area contributed by atoms with Gasteiger partial charge in [-0.25, -0.2) is 9.79 Å². The topological polar surface area (TPSA) is 38.7 Å². The molecule has 0 saturated carbocycles. The van der Waals surface area contributed by atoms with E-state index in [0.29, 0.717) is 4.90 Å². The van der Waals surface area contributed by atoms with Crippen molar-refractivity contribution in [2.24, 2.45) is 4.99 Å². The van der Waals surface area contributed by atoms with E-state index in [-0.39, 0.29) is 10.8 Å². The first-order valence-corrected chi connectivity index (χ1v) is 8.83. The Balaban J connectivity index is 1.74. The van der Waals surface area contributed by atoms with E-state index in [2.05, 4.69) is 4.99 Å². The highest BCUT2D eigenvalue weighted by Gasteiger charge is 2.66. The number of hydrogen-bond acceptors (Lipinski definition) is 4. The van der Waals surface area contributed by atoms with Crippen molar-refractivity contribution in [2.45, 2.75) is 16.6 Å². The number of rotatable bonds is 2. The second kappa shape index (κ2) is 6.42. The molecule has 0 N–H and O–H groups in total. The van der Waals surface area contributed by atoms with Crippen molar-refractivity contribution in [2.75, 3.05) is 0 Å². The van der Waals surface area contributed by atoms with Gasteiger partial charge in [0.25, 0.3) is 10.8 Å². The summed E-state index contributed by atoms with van der Waals surface area (Å²) in [7, 11) is 0. The number of esters is 1. The highest BCUT2D eigenvalue weighted by atomic mass is 32.2. The highest BCUT2D eigenvalue weighted by Crippen LogP contribution is 2.47. The summed E-state index contributed by atoms with van der Waals surface area (Å²) in [4.78, 5) is 16.6. The summed E-state index contributed by atoms with van der Waals surface area (Å²) in [5, 5.41) is 1.61. The third-order valence-corrected chi connectivity index (χ3v) is 5.10. The van der Waals surface area contributed by atoms with Gasteiger partial charge in [0.05, 0.1) is 0 Å². The zero-order chi connectivity index (χ0) is 19.1. The quantitative estimate of drug-likeness (QED) is 0.560. The zero-order valence-corrected chi connectivity index (χ0v) is 14.6. The average Bonchev–Trinajstić information content (AvgIpc) is 2.99. The van der Waals surface area contributed by atoms with Gasteiger partial charge in [-0.2, -0.15) is 13.2 Å². The lowest BCUT2D eigenvalue weighted by atomic mass is 9.90. The number of benzene rings is 3. The first kappa shape index (κ1) is 17.6. The number of carbonyl (C=O) groups excluding carboxylic acids is 1. The Labute approximate surface area is 156 Å². The Kier molecular flexibility index (Phi) is 4.19. The minimum atomic E-state index is -4.92. The lowest BCUT2D eigenvalue weighted by molar-refractivity contribution is -0.198. The van der Waals surface area contributed by atoms with E-state index in [4.69, 9.17) is 4.74 Å². The van der Waals surface area contributed by atoms with Crippen molar-refractivity contribution in [1.29, 1.82) is 0 Å². The summed E-state index contributed by atoms with van der Waals surface area (Å²) in [5.74, 6) is -1.44. The van der Waals surface area contributed by atoms with Gasteiger partial charge in [0.1, 0.15) is 0 Å². The van der Waals surface area contributed by atoms with Crippen molar-refractivity contribution < 1.29 is 22.7 Å². The molecule has 0 radical (unpaired) electrons. The number of alkyl halides is 3. The minimum Gasteiger partial charge on any atom is -0.399 e. The molecule has 0 amide bonds. The van der Waals surface area contributed by atoms with Gasteiger partial charge < -0.3 is 4.74 Å². The molecule has 3 aromatic rings. The number of thioether (sulfide) groups is 1. The van der Waals surface area contributed by atoms with Crippen molar-refractivity contribution >= 4 is 33.7 Å². The molecule has 7 heteroatoms. The van der Waals surface area contributed by atoms with E-state index in [1.807, 2.05) is 36.4 Å². The summed E-state index contributed by atoms with van der Waals surface area (Å²) in [6.07, 6.45) is -4.92. The first-order valence-electron chi connectivity index (χ1n) is 8.01. The van der Waals surface area contributed by atoms with Gasteiger partial charge in [0, 0.05) is 10.5 Å². The van der Waals surface area contributed by atoms with Crippen LogP contribution in [0.5, 0.6) is 0 Å². The number of ether oxygens (including phenoxy) is 1. The molecular weight excluding hydrogens is 375 g/mol. The summed E-state index contributed by atoms with van der Waals surface area (Å²) in [5.41, 5.74) is -3.30. The molecule has 0 saturated heterocycles. The summed E-state index contributed by atoms with van der Waals surface area (Å²) < 4.78 is 46.5. The number of fused-ring (bicyclic) bond motifs is 1. The maximum atomic E-state index is 13.9. The van der Waals surface area contributed by atoms with E-state index in [0.717, 1.165) is 22.5 Å². The molecule has 0 spiro atoms. The lowest BCUT2D eigenvalue weighted by Crippen LogP contribution is -2.45. The lowest BCUT2D eigenvalue weighted by Gasteiger charge is -2.24. The van der Waals surface area contributed by atoms with E-state index in [9.17, 15) is 18.0 Å². The van der Waals surface area contributed by atoms with E-state index in [1.54, 1.807) is 12.1 Å². The van der Waals surface area contributed by atoms with Crippen molar-refractivity contribution in [3.63, 3.8) is 0 Å². The monoisotopic (exact) mass is 387 g/mol. The molecule has 0 aromatic heterocycles. The van der Waals surface area contributed by atoms with Crippen LogP contribution in [0.15, 0.2) is 82.7 Å². The second-order valence-electron chi connectivity index (χ2n) is 5.95. The number of aliphatic imine (C=N–C) groups is 1. The molecule has 1 heterocycles. The van der Waals surface area contributed by atoms with E-state index < -0.39 is 17.7 Å². The number of halogens is 3. The van der Waals surface area contributed by atoms with Crippen LogP contribution in [0.3, 0.4) is 0 Å². The third kappa shape index (κ3) is 2.98. The molecule has 0 fully saturated rings. The molecular formula is C20H12F3NO2S. The van der Waals surface area contributed by atoms with Crippen LogP contribution in [-0.2, 0) is 15.1 Å². The van der Waals surface area contributed by atoms with E-state index in [1.165, 1.54) is 24.3 Å². The van der Waals surface area contributed by atoms with Gasteiger partial charge in [-0.1, -0.05) is 60.7 Å². The van der Waals surface area contributed by atoms with Crippen molar-refractivity contribution in [1.82, 2.24) is 0 Å². The fourth-order valence-corrected chi connectivity index (χ4v) is 3.76. The van der Waals surface area contributed by atoms with Gasteiger partial charge in [0.15, 0.2) is 0 Å². The molecule has 27 heavy (non-hydrogen) atoms. The summed E-state index contributed by atoms with van der Waals surface area (Å²) in [6, 6.07) is 19.9. The van der Waals surface area contributed by atoms with Crippen LogP contribution in [-0.4, -0.2) is 17.4 Å². The van der Waals surface area contributed by atoms with Crippen molar-refractivity contribution in [3.8, 4) is 0 Å². The van der Waals surface area contributed by atoms with Gasteiger partial charge in [-0.3, -0.25) is 0 Å². The van der Waals surface area contributed by atoms with Crippen molar-refractivity contribution in [3.05, 3.63) is 78.4 Å². The number of nitrogens with zero attached hydrogens (tertiary/aromatic N) is 1. The van der Waals surface area contributed by atoms with Crippen LogP contribution in [0.2, 0.25) is 0 Å². The van der Waals surface area contributed by atoms with Crippen LogP contribution in [0.25, 0.3) is 10.8 Å². The molecule has 3 aromatic carbocycles. The number of carbonyl (C=O) groups is 1. The molecule has 1 aliphatic heterocycles. The summed E-state index contributed by atoms with van der Waals surface area (Å²) >= 11 is 0.890. The molecule has 1 aliphatic rings. The maximum absolute atomic E-state index is 13.9. The fraction of sp³-hybridized carbons (Fsp3) is 0.100. The van der Waals surface area contributed by atoms with Crippen LogP contribution >= 0.6 is 11.8 Å². The SMILES string of the molecule is O=C1OC(Sc2ccc3ccccc3c2)=NC1(c1ccccc1)C(F)(F)F. The predicted octanol–water partition coefficient (Wildman–Crippen LogP) is 5.30. The van der Waals surface area contributed by atoms with E-state index >= 15 is 0 Å². The number of cyclic esters (lactones) is 1. The smallest absolute Gasteiger partial charge is 0.399 e. The molecule has 1 atom stereocenters. The Morgan fingerprint density at radius 2 is 1.56 bits per heavy atom. The predicted molar refractivity (Wildman–Crippen MR) is 97.5 cm³/mol. The number of hydrogen-bond donors (Lipinski definition) is 0. The third-order valence-electron chi connectivity index (χ3n) is 4.26. The minimum absolute atomic E-state index is 0.267. The zero-order valence-electron chi connectivity index (χ0n) is 13.7. The normalized spacial score (nSPS) is 19.8. The summed E-state index contributed by atoms with van der Waals surface area (Å²) in [6.45, 7) is 0.